The van der Waals surface area contributed by atoms with Crippen LogP contribution in [0.4, 0.5) is 13.2 Å². The molecule has 0 saturated heterocycles. The van der Waals surface area contributed by atoms with Gasteiger partial charge in [0, 0.05) is 18.3 Å². The molecule has 6 atom stereocenters. The third kappa shape index (κ3) is 2.28. The van der Waals surface area contributed by atoms with Gasteiger partial charge in [-0.2, -0.15) is 13.2 Å². The van der Waals surface area contributed by atoms with Gasteiger partial charge in [0.1, 0.15) is 0 Å². The van der Waals surface area contributed by atoms with E-state index in [-0.39, 0.29) is 41.1 Å². The molecule has 3 nitrogen and oxygen atoms in total. The number of carbonyl (C=O) groups is 1. The van der Waals surface area contributed by atoms with Crippen molar-refractivity contribution < 1.29 is 28.2 Å². The minimum atomic E-state index is -4.67. The van der Waals surface area contributed by atoms with Crippen LogP contribution >= 0.6 is 0 Å². The molecule has 0 aromatic rings. The van der Waals surface area contributed by atoms with Crippen molar-refractivity contribution in [3.8, 4) is 0 Å². The number of ketones is 1. The van der Waals surface area contributed by atoms with Gasteiger partial charge in [0.15, 0.2) is 17.1 Å². The van der Waals surface area contributed by atoms with Crippen molar-refractivity contribution in [1.82, 2.24) is 0 Å². The Bertz CT molecular complexity index is 739. The van der Waals surface area contributed by atoms with Crippen molar-refractivity contribution in [2.45, 2.75) is 70.6 Å². The fourth-order valence-corrected chi connectivity index (χ4v) is 6.83. The molecule has 0 heterocycles. The van der Waals surface area contributed by atoms with E-state index in [0.717, 1.165) is 5.57 Å². The van der Waals surface area contributed by atoms with Crippen LogP contribution in [-0.4, -0.2) is 27.8 Å². The summed E-state index contributed by atoms with van der Waals surface area (Å²) in [6, 6.07) is 0. The molecule has 0 radical (unpaired) electrons. The zero-order valence-corrected chi connectivity index (χ0v) is 15.8. The molecule has 0 amide bonds. The highest BCUT2D eigenvalue weighted by Crippen LogP contribution is 2.67. The molecule has 6 heteroatoms. The maximum atomic E-state index is 13.8. The van der Waals surface area contributed by atoms with Crippen molar-refractivity contribution in [2.75, 3.05) is 0 Å². The first-order valence-corrected chi connectivity index (χ1v) is 9.87. The topological polar surface area (TPSA) is 57.5 Å². The van der Waals surface area contributed by atoms with Crippen molar-refractivity contribution >= 4 is 5.78 Å². The highest BCUT2D eigenvalue weighted by molar-refractivity contribution is 5.95. The lowest BCUT2D eigenvalue weighted by Gasteiger charge is -2.62. The van der Waals surface area contributed by atoms with Crippen LogP contribution in [0, 0.1) is 28.6 Å². The average Bonchev–Trinajstić information content (AvgIpc) is 2.58. The number of halogens is 3. The molecule has 4 aliphatic carbocycles. The summed E-state index contributed by atoms with van der Waals surface area (Å²) < 4.78 is 41.5. The standard InChI is InChI=1S/C21H27F3O3/c1-18-10-8-16(25)17(26)15(18)6-5-12-13(18)7-11-19(2)14(12)4-3-9-20(19,27)21(22,23)24/h3-4,12-14,26-27H,5-11H2,1-2H3/t12-,13+,14+,18-,19+,20+/m1/s1. The van der Waals surface area contributed by atoms with Gasteiger partial charge >= 0.3 is 6.18 Å². The number of fused-ring (bicyclic) bond motifs is 5. The van der Waals surface area contributed by atoms with Crippen LogP contribution in [-0.2, 0) is 4.79 Å². The van der Waals surface area contributed by atoms with Crippen molar-refractivity contribution in [2.24, 2.45) is 28.6 Å². The molecule has 4 rings (SSSR count). The largest absolute Gasteiger partial charge is 0.504 e. The molecule has 0 unspecified atom stereocenters. The van der Waals surface area contributed by atoms with Crippen molar-refractivity contribution in [3.05, 3.63) is 23.5 Å². The van der Waals surface area contributed by atoms with Gasteiger partial charge in [0.25, 0.3) is 0 Å². The zero-order chi connectivity index (χ0) is 19.8. The Kier molecular flexibility index (Phi) is 3.96. The third-order valence-corrected chi connectivity index (χ3v) is 8.52. The van der Waals surface area contributed by atoms with E-state index >= 15 is 0 Å². The van der Waals surface area contributed by atoms with Crippen LogP contribution in [0.25, 0.3) is 0 Å². The van der Waals surface area contributed by atoms with Gasteiger partial charge in [-0.25, -0.2) is 0 Å². The Labute approximate surface area is 157 Å². The smallest absolute Gasteiger partial charge is 0.418 e. The summed E-state index contributed by atoms with van der Waals surface area (Å²) >= 11 is 0. The minimum absolute atomic E-state index is 0.0175. The van der Waals surface area contributed by atoms with E-state index in [1.54, 1.807) is 6.92 Å². The number of hydrogen-bond acceptors (Lipinski definition) is 3. The van der Waals surface area contributed by atoms with E-state index in [1.165, 1.54) is 6.08 Å². The summed E-state index contributed by atoms with van der Waals surface area (Å²) in [6.45, 7) is 3.66. The third-order valence-electron chi connectivity index (χ3n) is 8.52. The quantitative estimate of drug-likeness (QED) is 0.586. The van der Waals surface area contributed by atoms with Gasteiger partial charge in [-0.05, 0) is 60.8 Å². The molecule has 27 heavy (non-hydrogen) atoms. The second kappa shape index (κ2) is 5.62. The monoisotopic (exact) mass is 384 g/mol. The molecule has 0 bridgehead atoms. The summed E-state index contributed by atoms with van der Waals surface area (Å²) in [4.78, 5) is 11.9. The molecule has 2 saturated carbocycles. The predicted molar refractivity (Wildman–Crippen MR) is 93.8 cm³/mol. The fraction of sp³-hybridized carbons (Fsp3) is 0.762. The van der Waals surface area contributed by atoms with Gasteiger partial charge in [0.2, 0.25) is 0 Å². The first-order valence-electron chi connectivity index (χ1n) is 9.87. The van der Waals surface area contributed by atoms with Crippen molar-refractivity contribution in [1.29, 1.82) is 0 Å². The fourth-order valence-electron chi connectivity index (χ4n) is 6.83. The van der Waals surface area contributed by atoms with Crippen LogP contribution in [0.1, 0.15) is 58.8 Å². The normalized spacial score (nSPS) is 47.3. The molecule has 0 spiro atoms. The van der Waals surface area contributed by atoms with E-state index in [0.29, 0.717) is 32.1 Å². The Balaban J connectivity index is 1.76. The molecular weight excluding hydrogens is 357 g/mol. The molecule has 0 aromatic carbocycles. The van der Waals surface area contributed by atoms with E-state index in [1.807, 2.05) is 6.08 Å². The first kappa shape index (κ1) is 19.0. The van der Waals surface area contributed by atoms with Gasteiger partial charge in [-0.1, -0.05) is 26.0 Å². The van der Waals surface area contributed by atoms with Gasteiger partial charge in [0.05, 0.1) is 0 Å². The maximum absolute atomic E-state index is 13.8. The first-order chi connectivity index (χ1) is 12.5. The lowest BCUT2D eigenvalue weighted by atomic mass is 9.43. The Morgan fingerprint density at radius 1 is 1.15 bits per heavy atom. The molecule has 0 aromatic heterocycles. The highest BCUT2D eigenvalue weighted by atomic mass is 19.4. The molecule has 2 fully saturated rings. The van der Waals surface area contributed by atoms with Gasteiger partial charge in [-0.3, -0.25) is 4.79 Å². The van der Waals surface area contributed by atoms with E-state index in [4.69, 9.17) is 0 Å². The Hall–Kier alpha value is -1.30. The highest BCUT2D eigenvalue weighted by Gasteiger charge is 2.69. The number of rotatable bonds is 0. The predicted octanol–water partition coefficient (Wildman–Crippen LogP) is 4.86. The molecular formula is C21H27F3O3. The van der Waals surface area contributed by atoms with Gasteiger partial charge in [-0.15, -0.1) is 0 Å². The maximum Gasteiger partial charge on any atom is 0.418 e. The zero-order valence-electron chi connectivity index (χ0n) is 15.8. The second-order valence-corrected chi connectivity index (χ2v) is 9.45. The van der Waals surface area contributed by atoms with Crippen LogP contribution < -0.4 is 0 Å². The number of aliphatic hydroxyl groups excluding tert-OH is 1. The molecule has 0 aliphatic heterocycles. The summed E-state index contributed by atoms with van der Waals surface area (Å²) in [5, 5.41) is 21.1. The summed E-state index contributed by atoms with van der Waals surface area (Å²) in [5.74, 6) is -0.541. The number of Topliss-reactive ketones (excluding diaryl/α,β-unsaturated/α-hetero) is 1. The summed E-state index contributed by atoms with van der Waals surface area (Å²) in [6.07, 6.45) is 1.31. The van der Waals surface area contributed by atoms with E-state index < -0.39 is 23.6 Å². The van der Waals surface area contributed by atoms with Crippen LogP contribution in [0.2, 0.25) is 0 Å². The summed E-state index contributed by atoms with van der Waals surface area (Å²) in [5.41, 5.74) is -3.49. The lowest BCUT2D eigenvalue weighted by Crippen LogP contribution is -2.65. The van der Waals surface area contributed by atoms with E-state index in [2.05, 4.69) is 6.92 Å². The van der Waals surface area contributed by atoms with E-state index in [9.17, 15) is 28.2 Å². The van der Waals surface area contributed by atoms with Crippen LogP contribution in [0.5, 0.6) is 0 Å². The van der Waals surface area contributed by atoms with Crippen molar-refractivity contribution in [3.63, 3.8) is 0 Å². The van der Waals surface area contributed by atoms with Crippen LogP contribution in [0.15, 0.2) is 23.5 Å². The number of carbonyl (C=O) groups excluding carboxylic acids is 1. The number of hydrogen-bond donors (Lipinski definition) is 2. The van der Waals surface area contributed by atoms with Crippen LogP contribution in [0.3, 0.4) is 0 Å². The molecule has 4 aliphatic rings. The number of allylic oxidation sites excluding steroid dienone is 3. The average molecular weight is 384 g/mol. The number of alkyl halides is 3. The minimum Gasteiger partial charge on any atom is -0.504 e. The lowest BCUT2D eigenvalue weighted by molar-refractivity contribution is -0.318. The second-order valence-electron chi connectivity index (χ2n) is 9.45. The molecule has 150 valence electrons. The Morgan fingerprint density at radius 3 is 2.52 bits per heavy atom. The molecule has 2 N–H and O–H groups in total. The summed E-state index contributed by atoms with van der Waals surface area (Å²) in [7, 11) is 0. The van der Waals surface area contributed by atoms with Gasteiger partial charge < -0.3 is 10.2 Å². The SMILES string of the molecule is C[C@]12CCC(=O)C(O)=C1CC[C@@H]1[C@@H]2CC[C@@]2(C)[C@H]1C=CC[C@@]2(O)C(F)(F)F. The Morgan fingerprint density at radius 2 is 1.85 bits per heavy atom. The number of aliphatic hydroxyl groups is 2.